The lowest BCUT2D eigenvalue weighted by molar-refractivity contribution is 0.0696. The molecule has 5 nitrogen and oxygen atoms in total. The number of carboxylic acids is 1. The van der Waals surface area contributed by atoms with Crippen molar-refractivity contribution in [2.45, 2.75) is 6.92 Å². The number of nitrogens with zero attached hydrogens (tertiary/aromatic N) is 3. The number of aromatic nitrogens is 1. The first-order chi connectivity index (χ1) is 8.61. The summed E-state index contributed by atoms with van der Waals surface area (Å²) in [4.78, 5) is 19.2. The Morgan fingerprint density at radius 1 is 1.44 bits per heavy atom. The van der Waals surface area contributed by atoms with Crippen molar-refractivity contribution < 1.29 is 14.3 Å². The van der Waals surface area contributed by atoms with Gasteiger partial charge in [0.1, 0.15) is 17.2 Å². The molecule has 18 heavy (non-hydrogen) atoms. The van der Waals surface area contributed by atoms with E-state index in [-0.39, 0.29) is 5.56 Å². The zero-order chi connectivity index (χ0) is 13.1. The van der Waals surface area contributed by atoms with Gasteiger partial charge in [-0.25, -0.2) is 14.2 Å². The number of piperazine rings is 1. The quantitative estimate of drug-likeness (QED) is 0.873. The highest BCUT2D eigenvalue weighted by Crippen LogP contribution is 2.20. The number of halogens is 1. The average molecular weight is 253 g/mol. The third-order valence-electron chi connectivity index (χ3n) is 3.18. The van der Waals surface area contributed by atoms with Crippen LogP contribution in [0, 0.1) is 5.82 Å². The van der Waals surface area contributed by atoms with E-state index >= 15 is 0 Å². The molecule has 0 aromatic carbocycles. The summed E-state index contributed by atoms with van der Waals surface area (Å²) in [5.41, 5.74) is -0.0695. The maximum atomic E-state index is 13.0. The molecule has 1 N–H and O–H groups in total. The van der Waals surface area contributed by atoms with Crippen molar-refractivity contribution in [1.29, 1.82) is 0 Å². The molecule has 0 radical (unpaired) electrons. The lowest BCUT2D eigenvalue weighted by Crippen LogP contribution is -2.46. The van der Waals surface area contributed by atoms with Gasteiger partial charge in [-0.1, -0.05) is 6.92 Å². The predicted octanol–water partition coefficient (Wildman–Crippen LogP) is 1.06. The molecule has 0 aliphatic carbocycles. The summed E-state index contributed by atoms with van der Waals surface area (Å²) >= 11 is 0. The van der Waals surface area contributed by atoms with Gasteiger partial charge in [-0.05, 0) is 12.6 Å². The predicted molar refractivity (Wildman–Crippen MR) is 65.5 cm³/mol. The van der Waals surface area contributed by atoms with Gasteiger partial charge in [-0.3, -0.25) is 0 Å². The Balaban J connectivity index is 2.21. The summed E-state index contributed by atoms with van der Waals surface area (Å²) in [6.07, 6.45) is 1.06. The van der Waals surface area contributed by atoms with Gasteiger partial charge in [0.25, 0.3) is 0 Å². The van der Waals surface area contributed by atoms with E-state index in [1.54, 1.807) is 0 Å². The molecule has 0 atom stereocenters. The zero-order valence-electron chi connectivity index (χ0n) is 10.3. The Hall–Kier alpha value is -1.69. The minimum Gasteiger partial charge on any atom is -0.478 e. The van der Waals surface area contributed by atoms with E-state index in [0.717, 1.165) is 31.9 Å². The molecule has 1 saturated heterocycles. The average Bonchev–Trinajstić information content (AvgIpc) is 2.39. The Morgan fingerprint density at radius 2 is 2.11 bits per heavy atom. The fourth-order valence-electron chi connectivity index (χ4n) is 2.12. The number of anilines is 1. The van der Waals surface area contributed by atoms with Gasteiger partial charge in [-0.15, -0.1) is 0 Å². The van der Waals surface area contributed by atoms with Gasteiger partial charge in [0.05, 0.1) is 6.20 Å². The third-order valence-corrected chi connectivity index (χ3v) is 3.18. The van der Waals surface area contributed by atoms with Crippen LogP contribution in [0.1, 0.15) is 17.3 Å². The molecule has 1 aromatic rings. The normalized spacial score (nSPS) is 16.9. The van der Waals surface area contributed by atoms with E-state index in [1.807, 2.05) is 4.90 Å². The molecular formula is C12H16FN3O2. The highest BCUT2D eigenvalue weighted by atomic mass is 19.1. The molecule has 1 aliphatic heterocycles. The Bertz CT molecular complexity index is 445. The van der Waals surface area contributed by atoms with Crippen LogP contribution in [0.4, 0.5) is 10.2 Å². The van der Waals surface area contributed by atoms with Crippen LogP contribution in [0.2, 0.25) is 0 Å². The van der Waals surface area contributed by atoms with Crippen LogP contribution >= 0.6 is 0 Å². The van der Waals surface area contributed by atoms with E-state index in [0.29, 0.717) is 18.9 Å². The molecule has 0 spiro atoms. The minimum atomic E-state index is -1.14. The number of hydrogen-bond acceptors (Lipinski definition) is 4. The van der Waals surface area contributed by atoms with Crippen LogP contribution in [-0.4, -0.2) is 53.7 Å². The SMILES string of the molecule is CCN1CCN(c2ncc(F)cc2C(=O)O)CC1. The number of rotatable bonds is 3. The van der Waals surface area contributed by atoms with Crippen LogP contribution in [0.25, 0.3) is 0 Å². The summed E-state index contributed by atoms with van der Waals surface area (Å²) in [5, 5.41) is 9.08. The van der Waals surface area contributed by atoms with Gasteiger partial charge >= 0.3 is 5.97 Å². The molecule has 0 unspecified atom stereocenters. The molecule has 0 amide bonds. The molecule has 2 heterocycles. The molecule has 98 valence electrons. The molecule has 1 aromatic heterocycles. The van der Waals surface area contributed by atoms with Crippen LogP contribution in [0.3, 0.4) is 0 Å². The highest BCUT2D eigenvalue weighted by molar-refractivity contribution is 5.93. The van der Waals surface area contributed by atoms with Crippen LogP contribution in [0.15, 0.2) is 12.3 Å². The van der Waals surface area contributed by atoms with Crippen LogP contribution in [-0.2, 0) is 0 Å². The molecule has 0 saturated carbocycles. The number of likely N-dealkylation sites (N-methyl/N-ethyl adjacent to an activating group) is 1. The second-order valence-electron chi connectivity index (χ2n) is 4.25. The van der Waals surface area contributed by atoms with Crippen molar-refractivity contribution in [3.05, 3.63) is 23.6 Å². The van der Waals surface area contributed by atoms with Crippen molar-refractivity contribution in [1.82, 2.24) is 9.88 Å². The number of pyridine rings is 1. The molecule has 0 bridgehead atoms. The Morgan fingerprint density at radius 3 is 2.67 bits per heavy atom. The Kier molecular flexibility index (Phi) is 3.76. The second kappa shape index (κ2) is 5.30. The van der Waals surface area contributed by atoms with Gasteiger partial charge in [0.2, 0.25) is 0 Å². The monoisotopic (exact) mass is 253 g/mol. The lowest BCUT2D eigenvalue weighted by Gasteiger charge is -2.35. The number of carbonyl (C=O) groups is 1. The third kappa shape index (κ3) is 2.59. The first-order valence-corrected chi connectivity index (χ1v) is 5.98. The number of carboxylic acid groups (broad SMARTS) is 1. The smallest absolute Gasteiger partial charge is 0.339 e. The van der Waals surface area contributed by atoms with Crippen molar-refractivity contribution in [3.63, 3.8) is 0 Å². The summed E-state index contributed by atoms with van der Waals surface area (Å²) < 4.78 is 13.0. The van der Waals surface area contributed by atoms with Gasteiger partial charge in [0.15, 0.2) is 0 Å². The number of aromatic carboxylic acids is 1. The molecule has 2 rings (SSSR count). The van der Waals surface area contributed by atoms with E-state index < -0.39 is 11.8 Å². The topological polar surface area (TPSA) is 56.7 Å². The van der Waals surface area contributed by atoms with Crippen LogP contribution in [0.5, 0.6) is 0 Å². The first kappa shape index (κ1) is 12.8. The summed E-state index contributed by atoms with van der Waals surface area (Å²) in [6, 6.07) is 1.02. The molecular weight excluding hydrogens is 237 g/mol. The second-order valence-corrected chi connectivity index (χ2v) is 4.25. The van der Waals surface area contributed by atoms with Crippen LogP contribution < -0.4 is 4.90 Å². The zero-order valence-corrected chi connectivity index (χ0v) is 10.3. The molecule has 1 aliphatic rings. The van der Waals surface area contributed by atoms with E-state index in [2.05, 4.69) is 16.8 Å². The number of hydrogen-bond donors (Lipinski definition) is 1. The van der Waals surface area contributed by atoms with Crippen molar-refractivity contribution in [2.75, 3.05) is 37.6 Å². The van der Waals surface area contributed by atoms with Gasteiger partial charge < -0.3 is 14.9 Å². The maximum absolute atomic E-state index is 13.0. The highest BCUT2D eigenvalue weighted by Gasteiger charge is 2.22. The van der Waals surface area contributed by atoms with Gasteiger partial charge in [0, 0.05) is 26.2 Å². The minimum absolute atomic E-state index is 0.0695. The fraction of sp³-hybridized carbons (Fsp3) is 0.500. The van der Waals surface area contributed by atoms with E-state index in [1.165, 1.54) is 0 Å². The Labute approximate surface area is 105 Å². The summed E-state index contributed by atoms with van der Waals surface area (Å²) in [6.45, 7) is 6.24. The molecule has 6 heteroatoms. The standard InChI is InChI=1S/C12H16FN3O2/c1-2-15-3-5-16(6-4-15)11-10(12(17)18)7-9(13)8-14-11/h7-8H,2-6H2,1H3,(H,17,18). The van der Waals surface area contributed by atoms with E-state index in [9.17, 15) is 9.18 Å². The summed E-state index contributed by atoms with van der Waals surface area (Å²) in [7, 11) is 0. The van der Waals surface area contributed by atoms with E-state index in [4.69, 9.17) is 5.11 Å². The van der Waals surface area contributed by atoms with Crippen molar-refractivity contribution in [3.8, 4) is 0 Å². The van der Waals surface area contributed by atoms with Crippen molar-refractivity contribution >= 4 is 11.8 Å². The first-order valence-electron chi connectivity index (χ1n) is 5.98. The maximum Gasteiger partial charge on any atom is 0.339 e. The lowest BCUT2D eigenvalue weighted by atomic mass is 10.2. The molecule has 1 fully saturated rings. The largest absolute Gasteiger partial charge is 0.478 e. The fourth-order valence-corrected chi connectivity index (χ4v) is 2.12. The summed E-state index contributed by atoms with van der Waals surface area (Å²) in [5.74, 6) is -1.40. The van der Waals surface area contributed by atoms with Crippen molar-refractivity contribution in [2.24, 2.45) is 0 Å². The van der Waals surface area contributed by atoms with Gasteiger partial charge in [-0.2, -0.15) is 0 Å².